The minimum absolute atomic E-state index is 0.138. The van der Waals surface area contributed by atoms with Gasteiger partial charge in [0.1, 0.15) is 12.4 Å². The fourth-order valence-electron chi connectivity index (χ4n) is 1.06. The van der Waals surface area contributed by atoms with Crippen molar-refractivity contribution in [3.63, 3.8) is 0 Å². The van der Waals surface area contributed by atoms with E-state index in [-0.39, 0.29) is 11.5 Å². The van der Waals surface area contributed by atoms with Crippen LogP contribution < -0.4 is 5.32 Å². The van der Waals surface area contributed by atoms with Crippen LogP contribution in [0.2, 0.25) is 0 Å². The van der Waals surface area contributed by atoms with E-state index in [1.165, 1.54) is 6.07 Å². The molecule has 0 saturated carbocycles. The van der Waals surface area contributed by atoms with Gasteiger partial charge in [0.2, 0.25) is 0 Å². The average molecular weight is 195 g/mol. The molecule has 0 aromatic heterocycles. The van der Waals surface area contributed by atoms with Gasteiger partial charge < -0.3 is 15.5 Å². The zero-order chi connectivity index (χ0) is 10.6. The Hall–Kier alpha value is -1.55. The van der Waals surface area contributed by atoms with Crippen LogP contribution in [0.15, 0.2) is 24.3 Å². The van der Waals surface area contributed by atoms with Gasteiger partial charge in [0.15, 0.2) is 5.78 Å². The van der Waals surface area contributed by atoms with Crippen molar-refractivity contribution >= 4 is 11.5 Å². The largest absolute Gasteiger partial charge is 0.508 e. The number of hydrogen-bond acceptors (Lipinski definition) is 4. The number of phenols is 1. The summed E-state index contributed by atoms with van der Waals surface area (Å²) in [5.41, 5.74) is 0.652. The Labute approximate surface area is 82.2 Å². The SMILES string of the molecule is C[C@H](Nc1cccc(O)c1)C(=O)CO. The molecular weight excluding hydrogens is 182 g/mol. The summed E-state index contributed by atoms with van der Waals surface area (Å²) in [6.45, 7) is 1.18. The second kappa shape index (κ2) is 4.62. The molecule has 0 unspecified atom stereocenters. The van der Waals surface area contributed by atoms with Gasteiger partial charge in [0.25, 0.3) is 0 Å². The summed E-state index contributed by atoms with van der Waals surface area (Å²) in [5, 5.41) is 20.6. The molecule has 0 saturated heterocycles. The molecular formula is C10H13NO3. The van der Waals surface area contributed by atoms with E-state index in [2.05, 4.69) is 5.32 Å². The molecule has 3 N–H and O–H groups in total. The van der Waals surface area contributed by atoms with Crippen LogP contribution in [0, 0.1) is 0 Å². The van der Waals surface area contributed by atoms with Gasteiger partial charge in [-0.3, -0.25) is 4.79 Å². The second-order valence-electron chi connectivity index (χ2n) is 3.04. The molecule has 0 amide bonds. The zero-order valence-corrected chi connectivity index (χ0v) is 7.90. The number of anilines is 1. The Morgan fingerprint density at radius 1 is 1.57 bits per heavy atom. The first-order chi connectivity index (χ1) is 6.63. The van der Waals surface area contributed by atoms with Gasteiger partial charge in [-0.1, -0.05) is 6.07 Å². The third-order valence-corrected chi connectivity index (χ3v) is 1.87. The van der Waals surface area contributed by atoms with E-state index in [0.717, 1.165) is 0 Å². The molecule has 0 aliphatic heterocycles. The van der Waals surface area contributed by atoms with Crippen molar-refractivity contribution in [2.24, 2.45) is 0 Å². The maximum absolute atomic E-state index is 11.0. The molecule has 1 rings (SSSR count). The highest BCUT2D eigenvalue weighted by Gasteiger charge is 2.10. The lowest BCUT2D eigenvalue weighted by atomic mass is 10.2. The molecule has 76 valence electrons. The number of nitrogens with one attached hydrogen (secondary N) is 1. The van der Waals surface area contributed by atoms with Crippen molar-refractivity contribution in [3.05, 3.63) is 24.3 Å². The second-order valence-corrected chi connectivity index (χ2v) is 3.04. The summed E-state index contributed by atoms with van der Waals surface area (Å²) in [4.78, 5) is 11.0. The van der Waals surface area contributed by atoms with E-state index >= 15 is 0 Å². The molecule has 4 nitrogen and oxygen atoms in total. The van der Waals surface area contributed by atoms with Gasteiger partial charge >= 0.3 is 0 Å². The first-order valence-corrected chi connectivity index (χ1v) is 4.32. The third-order valence-electron chi connectivity index (χ3n) is 1.87. The Morgan fingerprint density at radius 3 is 2.86 bits per heavy atom. The number of carbonyl (C=O) groups excluding carboxylic acids is 1. The molecule has 1 aromatic carbocycles. The van der Waals surface area contributed by atoms with Crippen molar-refractivity contribution in [1.82, 2.24) is 0 Å². The van der Waals surface area contributed by atoms with E-state index in [4.69, 9.17) is 10.2 Å². The molecule has 0 fully saturated rings. The molecule has 1 atom stereocenters. The van der Waals surface area contributed by atoms with Crippen molar-refractivity contribution in [1.29, 1.82) is 0 Å². The van der Waals surface area contributed by atoms with Crippen molar-refractivity contribution in [2.75, 3.05) is 11.9 Å². The maximum Gasteiger partial charge on any atom is 0.179 e. The standard InChI is InChI=1S/C10H13NO3/c1-7(10(14)6-12)11-8-3-2-4-9(13)5-8/h2-5,7,11-13H,6H2,1H3/t7-/m0/s1. The number of hydrogen-bond donors (Lipinski definition) is 3. The molecule has 4 heteroatoms. The topological polar surface area (TPSA) is 69.6 Å². The van der Waals surface area contributed by atoms with Crippen LogP contribution >= 0.6 is 0 Å². The fraction of sp³-hybridized carbons (Fsp3) is 0.300. The summed E-state index contributed by atoms with van der Waals surface area (Å²) >= 11 is 0. The predicted molar refractivity (Wildman–Crippen MR) is 53.3 cm³/mol. The number of aromatic hydroxyl groups is 1. The Morgan fingerprint density at radius 2 is 2.29 bits per heavy atom. The van der Waals surface area contributed by atoms with Gasteiger partial charge in [-0.2, -0.15) is 0 Å². The smallest absolute Gasteiger partial charge is 0.179 e. The third kappa shape index (κ3) is 2.74. The van der Waals surface area contributed by atoms with Crippen LogP contribution in [-0.2, 0) is 4.79 Å². The lowest BCUT2D eigenvalue weighted by molar-refractivity contribution is -0.122. The Balaban J connectivity index is 2.64. The Bertz CT molecular complexity index is 325. The highest BCUT2D eigenvalue weighted by atomic mass is 16.3. The van der Waals surface area contributed by atoms with E-state index in [0.29, 0.717) is 5.69 Å². The lowest BCUT2D eigenvalue weighted by Crippen LogP contribution is -2.28. The van der Waals surface area contributed by atoms with Gasteiger partial charge in [-0.15, -0.1) is 0 Å². The quantitative estimate of drug-likeness (QED) is 0.663. The molecule has 0 bridgehead atoms. The van der Waals surface area contributed by atoms with Crippen LogP contribution in [0.3, 0.4) is 0 Å². The van der Waals surface area contributed by atoms with E-state index in [1.807, 2.05) is 0 Å². The summed E-state index contributed by atoms with van der Waals surface area (Å²) < 4.78 is 0. The Kier molecular flexibility index (Phi) is 3.48. The van der Waals surface area contributed by atoms with Gasteiger partial charge in [-0.25, -0.2) is 0 Å². The van der Waals surface area contributed by atoms with E-state index in [9.17, 15) is 4.79 Å². The van der Waals surface area contributed by atoms with Crippen LogP contribution in [0.4, 0.5) is 5.69 Å². The summed E-state index contributed by atoms with van der Waals surface area (Å²) in [5.74, 6) is -0.146. The van der Waals surface area contributed by atoms with Gasteiger partial charge in [0.05, 0.1) is 6.04 Å². The summed E-state index contributed by atoms with van der Waals surface area (Å²) in [6.07, 6.45) is 0. The number of Topliss-reactive ketones (excluding diaryl/α,β-unsaturated/α-hetero) is 1. The van der Waals surface area contributed by atoms with E-state index in [1.54, 1.807) is 25.1 Å². The molecule has 0 aliphatic rings. The van der Waals surface area contributed by atoms with Crippen LogP contribution in [-0.4, -0.2) is 28.6 Å². The fourth-order valence-corrected chi connectivity index (χ4v) is 1.06. The number of rotatable bonds is 4. The molecule has 14 heavy (non-hydrogen) atoms. The monoisotopic (exact) mass is 195 g/mol. The van der Waals surface area contributed by atoms with Gasteiger partial charge in [0, 0.05) is 11.8 Å². The summed E-state index contributed by atoms with van der Waals surface area (Å²) in [7, 11) is 0. The number of carbonyl (C=O) groups is 1. The predicted octanol–water partition coefficient (Wildman–Crippen LogP) is 0.754. The molecule has 0 radical (unpaired) electrons. The van der Waals surface area contributed by atoms with Crippen molar-refractivity contribution in [3.8, 4) is 5.75 Å². The highest BCUT2D eigenvalue weighted by Crippen LogP contribution is 2.16. The molecule has 1 aromatic rings. The van der Waals surface area contributed by atoms with Crippen LogP contribution in [0.5, 0.6) is 5.75 Å². The van der Waals surface area contributed by atoms with E-state index < -0.39 is 12.6 Å². The first-order valence-electron chi connectivity index (χ1n) is 4.32. The minimum Gasteiger partial charge on any atom is -0.508 e. The zero-order valence-electron chi connectivity index (χ0n) is 7.90. The number of aliphatic hydroxyl groups is 1. The highest BCUT2D eigenvalue weighted by molar-refractivity contribution is 5.87. The van der Waals surface area contributed by atoms with Crippen molar-refractivity contribution in [2.45, 2.75) is 13.0 Å². The number of ketones is 1. The number of phenolic OH excluding ortho intramolecular Hbond substituents is 1. The normalized spacial score (nSPS) is 12.1. The maximum atomic E-state index is 11.0. The lowest BCUT2D eigenvalue weighted by Gasteiger charge is -2.12. The first kappa shape index (κ1) is 10.5. The van der Waals surface area contributed by atoms with Crippen LogP contribution in [0.25, 0.3) is 0 Å². The molecule has 0 aliphatic carbocycles. The minimum atomic E-state index is -0.479. The molecule has 0 heterocycles. The van der Waals surface area contributed by atoms with Gasteiger partial charge in [-0.05, 0) is 19.1 Å². The number of aliphatic hydroxyl groups excluding tert-OH is 1. The van der Waals surface area contributed by atoms with Crippen molar-refractivity contribution < 1.29 is 15.0 Å². The number of benzene rings is 1. The molecule has 0 spiro atoms. The van der Waals surface area contributed by atoms with Crippen LogP contribution in [0.1, 0.15) is 6.92 Å². The summed E-state index contributed by atoms with van der Waals surface area (Å²) in [6, 6.07) is 6.02. The average Bonchev–Trinajstić information content (AvgIpc) is 2.16.